The Morgan fingerprint density at radius 1 is 1.22 bits per heavy atom. The van der Waals surface area contributed by atoms with E-state index in [1.165, 1.54) is 0 Å². The van der Waals surface area contributed by atoms with E-state index < -0.39 is 30.1 Å². The Morgan fingerprint density at radius 3 is 2.44 bits per heavy atom. The summed E-state index contributed by atoms with van der Waals surface area (Å²) in [7, 11) is 0. The van der Waals surface area contributed by atoms with Gasteiger partial charge in [0, 0.05) is 26.2 Å². The summed E-state index contributed by atoms with van der Waals surface area (Å²) in [5.41, 5.74) is -0.292. The first kappa shape index (κ1) is 13.2. The van der Waals surface area contributed by atoms with Gasteiger partial charge in [0.05, 0.1) is 11.6 Å². The van der Waals surface area contributed by atoms with E-state index in [2.05, 4.69) is 5.32 Å². The molecule has 2 N–H and O–H groups in total. The van der Waals surface area contributed by atoms with Gasteiger partial charge in [0.25, 0.3) is 0 Å². The van der Waals surface area contributed by atoms with Gasteiger partial charge in [-0.3, -0.25) is 4.90 Å². The summed E-state index contributed by atoms with van der Waals surface area (Å²) in [4.78, 5) is 1.70. The molecule has 0 unspecified atom stereocenters. The Balaban J connectivity index is 2.34. The normalized spacial score (nSPS) is 18.8. The van der Waals surface area contributed by atoms with Gasteiger partial charge in [-0.2, -0.15) is 0 Å². The molecular formula is C12H15F3N2O. The number of hydrogen-bond donors (Lipinski definition) is 2. The summed E-state index contributed by atoms with van der Waals surface area (Å²) in [6.07, 6.45) is 0. The molecule has 1 aliphatic heterocycles. The molecule has 0 saturated carbocycles. The van der Waals surface area contributed by atoms with Crippen LogP contribution in [0.3, 0.4) is 0 Å². The number of rotatable bonds is 3. The van der Waals surface area contributed by atoms with Gasteiger partial charge >= 0.3 is 0 Å². The van der Waals surface area contributed by atoms with Crippen molar-refractivity contribution in [3.05, 3.63) is 29.3 Å². The number of piperazine rings is 1. The van der Waals surface area contributed by atoms with E-state index in [-0.39, 0.29) is 5.56 Å². The van der Waals surface area contributed by atoms with E-state index in [0.717, 1.165) is 12.1 Å². The molecule has 0 aliphatic carbocycles. The molecule has 6 heteroatoms. The number of aromatic hydroxyl groups is 1. The van der Waals surface area contributed by atoms with Gasteiger partial charge in [0.1, 0.15) is 12.5 Å². The van der Waals surface area contributed by atoms with Crippen LogP contribution in [0.15, 0.2) is 12.1 Å². The summed E-state index contributed by atoms with van der Waals surface area (Å²) < 4.78 is 40.1. The first-order valence-electron chi connectivity index (χ1n) is 5.82. The second-order valence-electron chi connectivity index (χ2n) is 4.25. The van der Waals surface area contributed by atoms with Crippen LogP contribution >= 0.6 is 0 Å². The summed E-state index contributed by atoms with van der Waals surface area (Å²) in [6, 6.07) is 0.805. The van der Waals surface area contributed by atoms with Crippen LogP contribution in [-0.4, -0.2) is 42.9 Å². The standard InChI is InChI=1S/C12H15F3N2O/c13-7-10(17-5-3-16-4-6-17)11-8(14)1-2-9(15)12(11)18/h1-2,10,16,18H,3-7H2/t10-/m1/s1. The highest BCUT2D eigenvalue weighted by Crippen LogP contribution is 2.33. The largest absolute Gasteiger partial charge is 0.505 e. The first-order chi connectivity index (χ1) is 8.65. The van der Waals surface area contributed by atoms with Crippen LogP contribution < -0.4 is 5.32 Å². The maximum absolute atomic E-state index is 13.7. The quantitative estimate of drug-likeness (QED) is 0.866. The topological polar surface area (TPSA) is 35.5 Å². The molecule has 18 heavy (non-hydrogen) atoms. The summed E-state index contributed by atoms with van der Waals surface area (Å²) in [6.45, 7) is 1.52. The van der Waals surface area contributed by atoms with Gasteiger partial charge in [-0.15, -0.1) is 0 Å². The van der Waals surface area contributed by atoms with Crippen molar-refractivity contribution in [1.82, 2.24) is 10.2 Å². The van der Waals surface area contributed by atoms with E-state index in [1.54, 1.807) is 4.90 Å². The molecule has 1 aromatic rings. The van der Waals surface area contributed by atoms with Gasteiger partial charge in [-0.1, -0.05) is 0 Å². The molecule has 2 rings (SSSR count). The predicted octanol–water partition coefficient (Wildman–Crippen LogP) is 1.59. The smallest absolute Gasteiger partial charge is 0.165 e. The van der Waals surface area contributed by atoms with Gasteiger partial charge in [-0.25, -0.2) is 13.2 Å². The molecule has 1 aliphatic rings. The molecule has 1 atom stereocenters. The number of halogens is 3. The number of hydrogen-bond acceptors (Lipinski definition) is 3. The molecule has 1 saturated heterocycles. The Bertz CT molecular complexity index is 422. The van der Waals surface area contributed by atoms with Crippen LogP contribution in [0.1, 0.15) is 11.6 Å². The number of alkyl halides is 1. The zero-order valence-corrected chi connectivity index (χ0v) is 9.80. The predicted molar refractivity (Wildman–Crippen MR) is 61.2 cm³/mol. The monoisotopic (exact) mass is 260 g/mol. The highest BCUT2D eigenvalue weighted by Gasteiger charge is 2.28. The van der Waals surface area contributed by atoms with Crippen LogP contribution in [-0.2, 0) is 0 Å². The number of nitrogens with zero attached hydrogens (tertiary/aromatic N) is 1. The fourth-order valence-electron chi connectivity index (χ4n) is 2.22. The van der Waals surface area contributed by atoms with Gasteiger partial charge in [-0.05, 0) is 12.1 Å². The average Bonchev–Trinajstić information content (AvgIpc) is 2.40. The first-order valence-corrected chi connectivity index (χ1v) is 5.82. The second-order valence-corrected chi connectivity index (χ2v) is 4.25. The lowest BCUT2D eigenvalue weighted by molar-refractivity contribution is 0.141. The van der Waals surface area contributed by atoms with E-state index >= 15 is 0 Å². The fourth-order valence-corrected chi connectivity index (χ4v) is 2.22. The summed E-state index contributed by atoms with van der Waals surface area (Å²) in [5.74, 6) is -2.51. The van der Waals surface area contributed by atoms with Gasteiger partial charge in [0.2, 0.25) is 0 Å². The van der Waals surface area contributed by atoms with Crippen LogP contribution in [0.5, 0.6) is 5.75 Å². The van der Waals surface area contributed by atoms with Crippen molar-refractivity contribution in [3.63, 3.8) is 0 Å². The third kappa shape index (κ3) is 2.44. The minimum absolute atomic E-state index is 0.292. The molecule has 0 amide bonds. The zero-order chi connectivity index (χ0) is 13.1. The highest BCUT2D eigenvalue weighted by molar-refractivity contribution is 5.37. The van der Waals surface area contributed by atoms with Crippen LogP contribution in [0.4, 0.5) is 13.2 Å². The second kappa shape index (κ2) is 5.58. The highest BCUT2D eigenvalue weighted by atomic mass is 19.1. The molecule has 3 nitrogen and oxygen atoms in total. The minimum Gasteiger partial charge on any atom is -0.505 e. The fraction of sp³-hybridized carbons (Fsp3) is 0.500. The Kier molecular flexibility index (Phi) is 4.08. The molecule has 0 radical (unpaired) electrons. The van der Waals surface area contributed by atoms with Crippen LogP contribution in [0.25, 0.3) is 0 Å². The van der Waals surface area contributed by atoms with Crippen LogP contribution in [0.2, 0.25) is 0 Å². The van der Waals surface area contributed by atoms with E-state index in [1.807, 2.05) is 0 Å². The van der Waals surface area contributed by atoms with Gasteiger partial charge in [0.15, 0.2) is 11.6 Å². The molecule has 0 spiro atoms. The lowest BCUT2D eigenvalue weighted by atomic mass is 10.0. The summed E-state index contributed by atoms with van der Waals surface area (Å²) in [5, 5.41) is 12.7. The van der Waals surface area contributed by atoms with E-state index in [9.17, 15) is 18.3 Å². The number of nitrogens with one attached hydrogen (secondary N) is 1. The van der Waals surface area contributed by atoms with Crippen molar-refractivity contribution in [2.45, 2.75) is 6.04 Å². The van der Waals surface area contributed by atoms with Crippen molar-refractivity contribution < 1.29 is 18.3 Å². The van der Waals surface area contributed by atoms with Crippen molar-refractivity contribution in [1.29, 1.82) is 0 Å². The van der Waals surface area contributed by atoms with Gasteiger partial charge < -0.3 is 10.4 Å². The number of phenolic OH excluding ortho intramolecular Hbond substituents is 1. The molecule has 1 fully saturated rings. The van der Waals surface area contributed by atoms with E-state index in [4.69, 9.17) is 0 Å². The Labute approximate surface area is 103 Å². The number of benzene rings is 1. The Hall–Kier alpha value is -1.27. The third-order valence-corrected chi connectivity index (χ3v) is 3.19. The molecular weight excluding hydrogens is 245 g/mol. The molecule has 0 aromatic heterocycles. The van der Waals surface area contributed by atoms with Crippen molar-refractivity contribution in [3.8, 4) is 5.75 Å². The molecule has 100 valence electrons. The van der Waals surface area contributed by atoms with Crippen molar-refractivity contribution in [2.75, 3.05) is 32.9 Å². The van der Waals surface area contributed by atoms with Crippen molar-refractivity contribution >= 4 is 0 Å². The van der Waals surface area contributed by atoms with Crippen LogP contribution in [0, 0.1) is 11.6 Å². The minimum atomic E-state index is -0.942. The lowest BCUT2D eigenvalue weighted by Crippen LogP contribution is -2.45. The zero-order valence-electron chi connectivity index (χ0n) is 9.80. The van der Waals surface area contributed by atoms with E-state index in [0.29, 0.717) is 26.2 Å². The molecule has 1 aromatic carbocycles. The average molecular weight is 260 g/mol. The molecule has 1 heterocycles. The third-order valence-electron chi connectivity index (χ3n) is 3.19. The lowest BCUT2D eigenvalue weighted by Gasteiger charge is -2.34. The molecule has 0 bridgehead atoms. The summed E-state index contributed by atoms with van der Waals surface area (Å²) >= 11 is 0. The maximum atomic E-state index is 13.7. The SMILES string of the molecule is Oc1c(F)ccc(F)c1[C@@H](CF)N1CCNCC1. The maximum Gasteiger partial charge on any atom is 0.165 e. The van der Waals surface area contributed by atoms with Crippen molar-refractivity contribution in [2.24, 2.45) is 0 Å². The Morgan fingerprint density at radius 2 is 1.83 bits per heavy atom. The number of phenols is 1.